The molecule has 1 fully saturated rings. The summed E-state index contributed by atoms with van der Waals surface area (Å²) in [7, 11) is 4.42. The predicted molar refractivity (Wildman–Crippen MR) is 90.7 cm³/mol. The third-order valence-corrected chi connectivity index (χ3v) is 5.01. The largest absolute Gasteiger partial charge is 0.326 e. The topological polar surface area (TPSA) is 32.5 Å². The number of piperidine rings is 1. The molecule has 1 aliphatic heterocycles. The van der Waals surface area contributed by atoms with Crippen LogP contribution in [0, 0.1) is 0 Å². The van der Waals surface area contributed by atoms with Crippen LogP contribution in [0.25, 0.3) is 0 Å². The molecule has 0 spiro atoms. The lowest BCUT2D eigenvalue weighted by molar-refractivity contribution is 0.0935. The van der Waals surface area contributed by atoms with Crippen molar-refractivity contribution in [1.82, 2.24) is 9.80 Å². The van der Waals surface area contributed by atoms with Gasteiger partial charge in [0, 0.05) is 23.1 Å². The van der Waals surface area contributed by atoms with Crippen molar-refractivity contribution in [1.29, 1.82) is 0 Å². The first-order valence-corrected chi connectivity index (χ1v) is 8.32. The van der Waals surface area contributed by atoms with Gasteiger partial charge in [-0.1, -0.05) is 30.7 Å². The molecule has 2 unspecified atom stereocenters. The van der Waals surface area contributed by atoms with Gasteiger partial charge in [-0.15, -0.1) is 0 Å². The zero-order chi connectivity index (χ0) is 15.4. The maximum absolute atomic E-state index is 6.44. The molecule has 0 bridgehead atoms. The second kappa shape index (κ2) is 7.59. The number of hydrogen-bond donors (Lipinski definition) is 1. The summed E-state index contributed by atoms with van der Waals surface area (Å²) in [6, 6.07) is 9.13. The summed E-state index contributed by atoms with van der Waals surface area (Å²) >= 11 is 6.18. The lowest BCUT2D eigenvalue weighted by atomic mass is 9.93. The van der Waals surface area contributed by atoms with Crippen LogP contribution in [0.5, 0.6) is 0 Å². The fourth-order valence-electron chi connectivity index (χ4n) is 3.33. The van der Waals surface area contributed by atoms with Crippen LogP contribution in [-0.2, 0) is 0 Å². The van der Waals surface area contributed by atoms with Crippen LogP contribution in [-0.4, -0.2) is 49.1 Å². The lowest BCUT2D eigenvalue weighted by Crippen LogP contribution is -2.48. The van der Waals surface area contributed by atoms with Gasteiger partial charge in [0.15, 0.2) is 0 Å². The van der Waals surface area contributed by atoms with E-state index in [1.165, 1.54) is 31.5 Å². The molecule has 2 atom stereocenters. The number of hydrogen-bond acceptors (Lipinski definition) is 3. The van der Waals surface area contributed by atoms with Crippen LogP contribution in [0.4, 0.5) is 0 Å². The summed E-state index contributed by atoms with van der Waals surface area (Å²) in [5.74, 6) is 0. The molecule has 0 saturated carbocycles. The number of benzene rings is 1. The molecular formula is C17H28ClN3. The average molecular weight is 310 g/mol. The van der Waals surface area contributed by atoms with Gasteiger partial charge in [0.25, 0.3) is 0 Å². The Hall–Kier alpha value is -0.610. The zero-order valence-corrected chi connectivity index (χ0v) is 14.2. The molecule has 2 rings (SSSR count). The highest BCUT2D eigenvalue weighted by Gasteiger charge is 2.30. The Morgan fingerprint density at radius 3 is 2.62 bits per heavy atom. The molecule has 1 aromatic rings. The van der Waals surface area contributed by atoms with E-state index in [1.807, 2.05) is 12.1 Å². The fourth-order valence-corrected chi connectivity index (χ4v) is 3.53. The Bertz CT molecular complexity index is 443. The van der Waals surface area contributed by atoms with Gasteiger partial charge in [-0.25, -0.2) is 0 Å². The number of likely N-dealkylation sites (N-methyl/N-ethyl adjacent to an activating group) is 1. The van der Waals surface area contributed by atoms with E-state index in [2.05, 4.69) is 43.0 Å². The molecule has 1 saturated heterocycles. The summed E-state index contributed by atoms with van der Waals surface area (Å²) < 4.78 is 0. The van der Waals surface area contributed by atoms with E-state index in [9.17, 15) is 0 Å². The van der Waals surface area contributed by atoms with E-state index in [1.54, 1.807) is 0 Å². The molecule has 0 radical (unpaired) electrons. The van der Waals surface area contributed by atoms with Crippen LogP contribution >= 0.6 is 11.6 Å². The molecule has 3 nitrogen and oxygen atoms in total. The molecule has 2 N–H and O–H groups in total. The van der Waals surface area contributed by atoms with Crippen molar-refractivity contribution in [3.63, 3.8) is 0 Å². The van der Waals surface area contributed by atoms with Crippen LogP contribution in [0.3, 0.4) is 0 Å². The Balaban J connectivity index is 2.19. The van der Waals surface area contributed by atoms with Gasteiger partial charge in [-0.05, 0) is 64.1 Å². The zero-order valence-electron chi connectivity index (χ0n) is 13.4. The monoisotopic (exact) mass is 309 g/mol. The van der Waals surface area contributed by atoms with Crippen molar-refractivity contribution >= 4 is 11.6 Å². The Labute approximate surface area is 134 Å². The SMILES string of the molecule is CCC(N)C(c1cccc(Cl)c1)N(C)C1CCN(C)CC1. The predicted octanol–water partition coefficient (Wildman–Crippen LogP) is 3.14. The molecule has 1 heterocycles. The normalized spacial score (nSPS) is 20.7. The van der Waals surface area contributed by atoms with Crippen molar-refractivity contribution < 1.29 is 0 Å². The maximum atomic E-state index is 6.44. The molecule has 4 heteroatoms. The highest BCUT2D eigenvalue weighted by molar-refractivity contribution is 6.30. The van der Waals surface area contributed by atoms with Gasteiger partial charge in [0.05, 0.1) is 0 Å². The van der Waals surface area contributed by atoms with E-state index in [-0.39, 0.29) is 12.1 Å². The Morgan fingerprint density at radius 1 is 1.38 bits per heavy atom. The number of nitrogens with zero attached hydrogens (tertiary/aromatic N) is 2. The first-order valence-electron chi connectivity index (χ1n) is 7.94. The van der Waals surface area contributed by atoms with Gasteiger partial charge in [-0.2, -0.15) is 0 Å². The molecular weight excluding hydrogens is 282 g/mol. The third-order valence-electron chi connectivity index (χ3n) is 4.77. The van der Waals surface area contributed by atoms with E-state index in [4.69, 9.17) is 17.3 Å². The minimum absolute atomic E-state index is 0.133. The van der Waals surface area contributed by atoms with Gasteiger partial charge < -0.3 is 10.6 Å². The molecule has 1 aliphatic rings. The van der Waals surface area contributed by atoms with Crippen LogP contribution in [0.15, 0.2) is 24.3 Å². The van der Waals surface area contributed by atoms with E-state index in [0.717, 1.165) is 11.4 Å². The lowest BCUT2D eigenvalue weighted by Gasteiger charge is -2.41. The van der Waals surface area contributed by atoms with Gasteiger partial charge in [0.1, 0.15) is 0 Å². The second-order valence-electron chi connectivity index (χ2n) is 6.27. The van der Waals surface area contributed by atoms with Crippen LogP contribution < -0.4 is 5.73 Å². The number of halogens is 1. The molecule has 0 amide bonds. The molecule has 0 aromatic heterocycles. The van der Waals surface area contributed by atoms with Crippen molar-refractivity contribution in [2.24, 2.45) is 5.73 Å². The summed E-state index contributed by atoms with van der Waals surface area (Å²) in [4.78, 5) is 4.88. The van der Waals surface area contributed by atoms with Crippen molar-refractivity contribution in [3.8, 4) is 0 Å². The third kappa shape index (κ3) is 4.19. The van der Waals surface area contributed by atoms with Crippen molar-refractivity contribution in [2.75, 3.05) is 27.2 Å². The molecule has 21 heavy (non-hydrogen) atoms. The van der Waals surface area contributed by atoms with Gasteiger partial charge in [0.2, 0.25) is 0 Å². The Morgan fingerprint density at radius 2 is 2.05 bits per heavy atom. The van der Waals surface area contributed by atoms with E-state index >= 15 is 0 Å². The fraction of sp³-hybridized carbons (Fsp3) is 0.647. The number of likely N-dealkylation sites (tertiary alicyclic amines) is 1. The molecule has 118 valence electrons. The average Bonchev–Trinajstić information content (AvgIpc) is 2.48. The summed E-state index contributed by atoms with van der Waals surface area (Å²) in [5.41, 5.74) is 7.67. The highest BCUT2D eigenvalue weighted by atomic mass is 35.5. The van der Waals surface area contributed by atoms with E-state index < -0.39 is 0 Å². The van der Waals surface area contributed by atoms with Crippen LogP contribution in [0.2, 0.25) is 5.02 Å². The summed E-state index contributed by atoms with van der Waals surface area (Å²) in [5, 5.41) is 0.789. The highest BCUT2D eigenvalue weighted by Crippen LogP contribution is 2.30. The number of rotatable bonds is 5. The Kier molecular flexibility index (Phi) is 6.06. The first kappa shape index (κ1) is 16.8. The number of nitrogens with two attached hydrogens (primary N) is 1. The van der Waals surface area contributed by atoms with E-state index in [0.29, 0.717) is 6.04 Å². The van der Waals surface area contributed by atoms with Crippen molar-refractivity contribution in [3.05, 3.63) is 34.9 Å². The molecule has 1 aromatic carbocycles. The first-order chi connectivity index (χ1) is 10.0. The maximum Gasteiger partial charge on any atom is 0.0499 e. The van der Waals surface area contributed by atoms with Crippen molar-refractivity contribution in [2.45, 2.75) is 44.3 Å². The quantitative estimate of drug-likeness (QED) is 0.907. The molecule has 0 aliphatic carbocycles. The van der Waals surface area contributed by atoms with Gasteiger partial charge >= 0.3 is 0 Å². The summed E-state index contributed by atoms with van der Waals surface area (Å²) in [6.07, 6.45) is 3.38. The smallest absolute Gasteiger partial charge is 0.0499 e. The summed E-state index contributed by atoms with van der Waals surface area (Å²) in [6.45, 7) is 4.49. The van der Waals surface area contributed by atoms with Crippen LogP contribution in [0.1, 0.15) is 37.8 Å². The second-order valence-corrected chi connectivity index (χ2v) is 6.71. The minimum atomic E-state index is 0.133. The minimum Gasteiger partial charge on any atom is -0.326 e. The van der Waals surface area contributed by atoms with Gasteiger partial charge in [-0.3, -0.25) is 4.90 Å². The standard InChI is InChI=1S/C17H28ClN3/c1-4-16(19)17(13-6-5-7-14(18)12-13)21(3)15-8-10-20(2)11-9-15/h5-7,12,15-17H,4,8-11,19H2,1-3H3.